The van der Waals surface area contributed by atoms with E-state index in [0.717, 1.165) is 22.4 Å². The first-order valence-electron chi connectivity index (χ1n) is 8.53. The zero-order chi connectivity index (χ0) is 19.3. The predicted molar refractivity (Wildman–Crippen MR) is 106 cm³/mol. The Balaban J connectivity index is 1.65. The van der Waals surface area contributed by atoms with Crippen LogP contribution in [0.25, 0.3) is 27.8 Å². The molecule has 0 saturated carbocycles. The molecule has 5 aromatic rings. The van der Waals surface area contributed by atoms with Crippen LogP contribution in [0.1, 0.15) is 16.1 Å². The van der Waals surface area contributed by atoms with Crippen LogP contribution >= 0.6 is 11.3 Å². The van der Waals surface area contributed by atoms with E-state index in [0.29, 0.717) is 9.49 Å². The number of carbonyl (C=O) groups is 1. The molecule has 0 radical (unpaired) electrons. The number of thiazole rings is 1. The molecule has 3 heterocycles. The van der Waals surface area contributed by atoms with Crippen LogP contribution in [0.4, 0.5) is 0 Å². The third-order valence-corrected chi connectivity index (χ3v) is 5.55. The Morgan fingerprint density at radius 2 is 1.82 bits per heavy atom. The quantitative estimate of drug-likeness (QED) is 0.472. The van der Waals surface area contributed by atoms with Crippen molar-refractivity contribution in [1.29, 1.82) is 0 Å². The third-order valence-electron chi connectivity index (χ3n) is 4.59. The molecule has 6 nitrogen and oxygen atoms in total. The summed E-state index contributed by atoms with van der Waals surface area (Å²) in [6.07, 6.45) is 3.68. The van der Waals surface area contributed by atoms with Crippen molar-refractivity contribution < 1.29 is 9.90 Å². The zero-order valence-electron chi connectivity index (χ0n) is 14.4. The highest BCUT2D eigenvalue weighted by molar-refractivity contribution is 7.15. The lowest BCUT2D eigenvalue weighted by Gasteiger charge is -2.08. The van der Waals surface area contributed by atoms with Crippen molar-refractivity contribution in [3.8, 4) is 5.69 Å². The Hall–Kier alpha value is -3.71. The molecule has 0 aliphatic rings. The largest absolute Gasteiger partial charge is 0.545 e. The van der Waals surface area contributed by atoms with Gasteiger partial charge in [-0.25, -0.2) is 9.38 Å². The number of benzene rings is 2. The second-order valence-corrected chi connectivity index (χ2v) is 7.28. The molecule has 0 spiro atoms. The molecule has 0 aliphatic carbocycles. The minimum absolute atomic E-state index is 0.103. The standard InChI is InChI=1S/C21H13N3O3S/c25-19-18(28-21-22-16-5-1-2-6-17(16)24(19)21)12-15-4-3-11-23(15)14-9-7-13(8-10-14)20(26)27/h1-12H,(H,26,27)/p-1/b18-12-. The molecule has 28 heavy (non-hydrogen) atoms. The number of carboxylic acids is 1. The zero-order valence-corrected chi connectivity index (χ0v) is 15.2. The number of aromatic nitrogens is 3. The van der Waals surface area contributed by atoms with Crippen molar-refractivity contribution in [3.05, 3.63) is 93.0 Å². The van der Waals surface area contributed by atoms with E-state index >= 15 is 0 Å². The minimum Gasteiger partial charge on any atom is -0.545 e. The first-order valence-corrected chi connectivity index (χ1v) is 9.34. The van der Waals surface area contributed by atoms with Gasteiger partial charge in [0, 0.05) is 17.6 Å². The van der Waals surface area contributed by atoms with E-state index in [1.807, 2.05) is 53.2 Å². The summed E-state index contributed by atoms with van der Waals surface area (Å²) in [5.74, 6) is -1.21. The summed E-state index contributed by atoms with van der Waals surface area (Å²) in [5.41, 5.74) is 3.22. The van der Waals surface area contributed by atoms with Crippen LogP contribution in [0.15, 0.2) is 71.7 Å². The van der Waals surface area contributed by atoms with E-state index in [-0.39, 0.29) is 11.1 Å². The summed E-state index contributed by atoms with van der Waals surface area (Å²) in [5, 5.41) is 10.9. The fraction of sp³-hybridized carbons (Fsp3) is 0. The number of hydrogen-bond acceptors (Lipinski definition) is 5. The van der Waals surface area contributed by atoms with Gasteiger partial charge in [-0.2, -0.15) is 0 Å². The van der Waals surface area contributed by atoms with Crippen LogP contribution in [-0.4, -0.2) is 19.9 Å². The molecular weight excluding hydrogens is 374 g/mol. The van der Waals surface area contributed by atoms with E-state index in [1.165, 1.54) is 23.5 Å². The molecule has 0 saturated heterocycles. The van der Waals surface area contributed by atoms with Crippen molar-refractivity contribution in [3.63, 3.8) is 0 Å². The minimum atomic E-state index is -1.21. The fourth-order valence-corrected chi connectivity index (χ4v) is 4.22. The van der Waals surface area contributed by atoms with Gasteiger partial charge in [-0.15, -0.1) is 0 Å². The van der Waals surface area contributed by atoms with Crippen LogP contribution in [0.2, 0.25) is 0 Å². The number of fused-ring (bicyclic) bond motifs is 3. The molecule has 0 bridgehead atoms. The van der Waals surface area contributed by atoms with E-state index in [4.69, 9.17) is 0 Å². The molecule has 0 amide bonds. The maximum absolute atomic E-state index is 12.9. The van der Waals surface area contributed by atoms with E-state index < -0.39 is 5.97 Å². The Morgan fingerprint density at radius 3 is 2.61 bits per heavy atom. The van der Waals surface area contributed by atoms with Gasteiger partial charge in [0.25, 0.3) is 5.56 Å². The van der Waals surface area contributed by atoms with E-state index in [2.05, 4.69) is 4.98 Å². The lowest BCUT2D eigenvalue weighted by Crippen LogP contribution is -2.23. The molecule has 0 unspecified atom stereocenters. The van der Waals surface area contributed by atoms with Crippen LogP contribution < -0.4 is 15.2 Å². The van der Waals surface area contributed by atoms with Crippen LogP contribution in [0.5, 0.6) is 0 Å². The van der Waals surface area contributed by atoms with Gasteiger partial charge in [0.05, 0.1) is 21.5 Å². The number of hydrogen-bond donors (Lipinski definition) is 0. The molecule has 2 aromatic carbocycles. The lowest BCUT2D eigenvalue weighted by atomic mass is 10.2. The van der Waals surface area contributed by atoms with Gasteiger partial charge < -0.3 is 14.5 Å². The Kier molecular flexibility index (Phi) is 3.63. The SMILES string of the molecule is O=C([O-])c1ccc(-n2cccc2/C=c2\sc3nc4ccccc4n3c2=O)cc1. The summed E-state index contributed by atoms with van der Waals surface area (Å²) < 4.78 is 4.10. The third kappa shape index (κ3) is 2.52. The molecule has 3 aromatic heterocycles. The van der Waals surface area contributed by atoms with Crippen LogP contribution in [0, 0.1) is 0 Å². The summed E-state index contributed by atoms with van der Waals surface area (Å²) >= 11 is 1.34. The molecule has 136 valence electrons. The Bertz CT molecular complexity index is 1460. The van der Waals surface area contributed by atoms with Gasteiger partial charge in [0.1, 0.15) is 0 Å². The van der Waals surface area contributed by atoms with Crippen molar-refractivity contribution in [2.75, 3.05) is 0 Å². The normalized spacial score (nSPS) is 12.2. The van der Waals surface area contributed by atoms with Gasteiger partial charge >= 0.3 is 0 Å². The number of aromatic carboxylic acids is 1. The highest BCUT2D eigenvalue weighted by Gasteiger charge is 2.11. The average Bonchev–Trinajstić information content (AvgIpc) is 3.38. The first kappa shape index (κ1) is 16.5. The maximum atomic E-state index is 12.9. The molecular formula is C21H12N3O3S-. The molecule has 0 N–H and O–H groups in total. The fourth-order valence-electron chi connectivity index (χ4n) is 3.25. The summed E-state index contributed by atoms with van der Waals surface area (Å²) in [6.45, 7) is 0. The molecule has 7 heteroatoms. The van der Waals surface area contributed by atoms with Crippen LogP contribution in [0.3, 0.4) is 0 Å². The van der Waals surface area contributed by atoms with Crippen molar-refractivity contribution >= 4 is 39.4 Å². The highest BCUT2D eigenvalue weighted by atomic mass is 32.1. The summed E-state index contributed by atoms with van der Waals surface area (Å²) in [6, 6.07) is 17.7. The summed E-state index contributed by atoms with van der Waals surface area (Å²) in [4.78, 5) is 29.0. The Labute approximate surface area is 162 Å². The van der Waals surface area contributed by atoms with Crippen LogP contribution in [-0.2, 0) is 0 Å². The maximum Gasteiger partial charge on any atom is 0.275 e. The smallest absolute Gasteiger partial charge is 0.275 e. The Morgan fingerprint density at radius 1 is 1.04 bits per heavy atom. The monoisotopic (exact) mass is 386 g/mol. The number of carboxylic acid groups (broad SMARTS) is 1. The second kappa shape index (κ2) is 6.17. The number of nitrogens with zero attached hydrogens (tertiary/aromatic N) is 3. The van der Waals surface area contributed by atoms with Crippen molar-refractivity contribution in [2.24, 2.45) is 0 Å². The topological polar surface area (TPSA) is 79.4 Å². The van der Waals surface area contributed by atoms with Gasteiger partial charge in [-0.1, -0.05) is 35.6 Å². The number of imidazole rings is 1. The van der Waals surface area contributed by atoms with Gasteiger partial charge in [0.15, 0.2) is 4.96 Å². The predicted octanol–water partition coefficient (Wildman–Crippen LogP) is 1.61. The second-order valence-electron chi connectivity index (χ2n) is 6.27. The van der Waals surface area contributed by atoms with Gasteiger partial charge in [0.2, 0.25) is 0 Å². The van der Waals surface area contributed by atoms with Crippen molar-refractivity contribution in [1.82, 2.24) is 14.0 Å². The molecule has 5 rings (SSSR count). The van der Waals surface area contributed by atoms with Crippen molar-refractivity contribution in [2.45, 2.75) is 0 Å². The molecule has 0 aliphatic heterocycles. The molecule has 0 atom stereocenters. The van der Waals surface area contributed by atoms with E-state index in [1.54, 1.807) is 16.5 Å². The first-order chi connectivity index (χ1) is 13.6. The number of carbonyl (C=O) groups excluding carboxylic acids is 1. The number of para-hydroxylation sites is 2. The van der Waals surface area contributed by atoms with Gasteiger partial charge in [-0.05, 0) is 48.0 Å². The average molecular weight is 386 g/mol. The lowest BCUT2D eigenvalue weighted by molar-refractivity contribution is -0.255. The molecule has 0 fully saturated rings. The highest BCUT2D eigenvalue weighted by Crippen LogP contribution is 2.17. The van der Waals surface area contributed by atoms with Gasteiger partial charge in [-0.3, -0.25) is 4.79 Å². The summed E-state index contributed by atoms with van der Waals surface area (Å²) in [7, 11) is 0. The van der Waals surface area contributed by atoms with E-state index in [9.17, 15) is 14.7 Å². The number of rotatable bonds is 3.